The van der Waals surface area contributed by atoms with Crippen LogP contribution in [0, 0.1) is 11.8 Å². The second kappa shape index (κ2) is 2.70. The summed E-state index contributed by atoms with van der Waals surface area (Å²) in [5, 5.41) is 0. The molecule has 3 nitrogen and oxygen atoms in total. The van der Waals surface area contributed by atoms with Gasteiger partial charge in [-0.1, -0.05) is 6.42 Å². The van der Waals surface area contributed by atoms with E-state index in [1.54, 1.807) is 0 Å². The molecule has 0 amide bonds. The Hall–Kier alpha value is -0.0900. The summed E-state index contributed by atoms with van der Waals surface area (Å²) in [5.74, 6) is 1.43. The summed E-state index contributed by atoms with van der Waals surface area (Å²) >= 11 is 0. The van der Waals surface area contributed by atoms with Crippen molar-refractivity contribution in [3.8, 4) is 0 Å². The minimum absolute atomic E-state index is 0.249. The third kappa shape index (κ3) is 1.64. The van der Waals surface area contributed by atoms with E-state index in [1.165, 1.54) is 25.5 Å². The van der Waals surface area contributed by atoms with Crippen molar-refractivity contribution in [3.05, 3.63) is 0 Å². The maximum absolute atomic E-state index is 11.0. The lowest BCUT2D eigenvalue weighted by Crippen LogP contribution is -2.37. The van der Waals surface area contributed by atoms with Gasteiger partial charge in [-0.15, -0.1) is 0 Å². The Labute approximate surface area is 73.6 Å². The first-order chi connectivity index (χ1) is 5.54. The molecule has 12 heavy (non-hydrogen) atoms. The number of sulfonamides is 1. The van der Waals surface area contributed by atoms with Gasteiger partial charge in [0.15, 0.2) is 0 Å². The van der Waals surface area contributed by atoms with Gasteiger partial charge >= 0.3 is 0 Å². The highest BCUT2D eigenvalue weighted by molar-refractivity contribution is 7.88. The summed E-state index contributed by atoms with van der Waals surface area (Å²) in [6.07, 6.45) is 6.09. The van der Waals surface area contributed by atoms with Crippen LogP contribution in [0.2, 0.25) is 0 Å². The quantitative estimate of drug-likeness (QED) is 0.696. The van der Waals surface area contributed by atoms with Crippen LogP contribution in [0.25, 0.3) is 0 Å². The molecule has 0 aromatic rings. The predicted octanol–water partition coefficient (Wildman–Crippen LogP) is 0.724. The fraction of sp³-hybridized carbons (Fsp3) is 1.00. The third-order valence-corrected chi connectivity index (χ3v) is 3.83. The standard InChI is InChI=1S/C8H15NO2S/c1-12(10,11)9-8-5-6-2-3-7(8)4-6/h6-9H,2-5H2,1H3/t6-,7-,8-/m1/s1. The van der Waals surface area contributed by atoms with E-state index in [-0.39, 0.29) is 6.04 Å². The van der Waals surface area contributed by atoms with Crippen molar-refractivity contribution in [2.24, 2.45) is 11.8 Å². The molecule has 0 aromatic heterocycles. The smallest absolute Gasteiger partial charge is 0.208 e. The molecular weight excluding hydrogens is 174 g/mol. The molecule has 0 unspecified atom stereocenters. The molecule has 2 bridgehead atoms. The lowest BCUT2D eigenvalue weighted by molar-refractivity contribution is 0.391. The Morgan fingerprint density at radius 1 is 1.25 bits per heavy atom. The summed E-state index contributed by atoms with van der Waals surface area (Å²) in [6, 6.07) is 0.249. The summed E-state index contributed by atoms with van der Waals surface area (Å²) in [5.41, 5.74) is 0. The Kier molecular flexibility index (Phi) is 1.92. The predicted molar refractivity (Wildman–Crippen MR) is 47.2 cm³/mol. The first-order valence-electron chi connectivity index (χ1n) is 4.52. The topological polar surface area (TPSA) is 46.2 Å². The fourth-order valence-electron chi connectivity index (χ4n) is 2.66. The van der Waals surface area contributed by atoms with Crippen molar-refractivity contribution in [1.82, 2.24) is 4.72 Å². The Morgan fingerprint density at radius 2 is 2.00 bits per heavy atom. The second-order valence-corrected chi connectivity index (χ2v) is 5.95. The highest BCUT2D eigenvalue weighted by atomic mass is 32.2. The molecule has 70 valence electrons. The number of hydrogen-bond donors (Lipinski definition) is 1. The van der Waals surface area contributed by atoms with Crippen LogP contribution in [0.3, 0.4) is 0 Å². The van der Waals surface area contributed by atoms with Crippen molar-refractivity contribution in [2.75, 3.05) is 6.26 Å². The van der Waals surface area contributed by atoms with Crippen LogP contribution >= 0.6 is 0 Å². The number of rotatable bonds is 2. The molecular formula is C8H15NO2S. The minimum atomic E-state index is -2.98. The first-order valence-corrected chi connectivity index (χ1v) is 6.41. The maximum atomic E-state index is 11.0. The van der Waals surface area contributed by atoms with E-state index < -0.39 is 10.0 Å². The van der Waals surface area contributed by atoms with Crippen LogP contribution in [-0.4, -0.2) is 20.7 Å². The highest BCUT2D eigenvalue weighted by Crippen LogP contribution is 2.44. The van der Waals surface area contributed by atoms with Gasteiger partial charge in [-0.2, -0.15) is 0 Å². The zero-order valence-corrected chi connectivity index (χ0v) is 8.10. The molecule has 1 N–H and O–H groups in total. The van der Waals surface area contributed by atoms with E-state index >= 15 is 0 Å². The minimum Gasteiger partial charge on any atom is -0.213 e. The van der Waals surface area contributed by atoms with Crippen LogP contribution in [0.5, 0.6) is 0 Å². The third-order valence-electron chi connectivity index (χ3n) is 3.10. The molecule has 3 atom stereocenters. The zero-order valence-electron chi connectivity index (χ0n) is 7.29. The van der Waals surface area contributed by atoms with Gasteiger partial charge in [0.1, 0.15) is 0 Å². The average Bonchev–Trinajstić information content (AvgIpc) is 2.42. The van der Waals surface area contributed by atoms with Crippen LogP contribution in [0.4, 0.5) is 0 Å². The van der Waals surface area contributed by atoms with E-state index in [0.29, 0.717) is 5.92 Å². The molecule has 2 rings (SSSR count). The van der Waals surface area contributed by atoms with Gasteiger partial charge in [-0.05, 0) is 31.1 Å². The number of hydrogen-bond acceptors (Lipinski definition) is 2. The lowest BCUT2D eigenvalue weighted by atomic mass is 9.96. The molecule has 0 aliphatic heterocycles. The molecule has 2 saturated carbocycles. The summed E-state index contributed by atoms with van der Waals surface area (Å²) in [7, 11) is -2.98. The Balaban J connectivity index is 2.00. The van der Waals surface area contributed by atoms with E-state index in [2.05, 4.69) is 4.72 Å². The summed E-state index contributed by atoms with van der Waals surface area (Å²) < 4.78 is 24.6. The fourth-order valence-corrected chi connectivity index (χ4v) is 3.50. The van der Waals surface area contributed by atoms with Gasteiger partial charge in [0.2, 0.25) is 10.0 Å². The second-order valence-electron chi connectivity index (χ2n) is 4.17. The number of fused-ring (bicyclic) bond motifs is 2. The summed E-state index contributed by atoms with van der Waals surface area (Å²) in [4.78, 5) is 0. The lowest BCUT2D eigenvalue weighted by Gasteiger charge is -2.21. The molecule has 0 heterocycles. The molecule has 0 aromatic carbocycles. The molecule has 0 spiro atoms. The molecule has 0 radical (unpaired) electrons. The largest absolute Gasteiger partial charge is 0.213 e. The van der Waals surface area contributed by atoms with Crippen molar-refractivity contribution in [3.63, 3.8) is 0 Å². The molecule has 2 fully saturated rings. The highest BCUT2D eigenvalue weighted by Gasteiger charge is 2.40. The van der Waals surface area contributed by atoms with E-state index in [0.717, 1.165) is 12.3 Å². The van der Waals surface area contributed by atoms with Crippen LogP contribution in [0.15, 0.2) is 0 Å². The SMILES string of the molecule is CS(=O)(=O)N[C@@H]1C[C@@H]2CC[C@@H]1C2. The van der Waals surface area contributed by atoms with Crippen molar-refractivity contribution >= 4 is 10.0 Å². The van der Waals surface area contributed by atoms with Gasteiger partial charge in [0, 0.05) is 6.04 Å². The van der Waals surface area contributed by atoms with Crippen LogP contribution < -0.4 is 4.72 Å². The normalized spacial score (nSPS) is 40.6. The van der Waals surface area contributed by atoms with Crippen molar-refractivity contribution < 1.29 is 8.42 Å². The van der Waals surface area contributed by atoms with Crippen LogP contribution in [-0.2, 0) is 10.0 Å². The van der Waals surface area contributed by atoms with E-state index in [1.807, 2.05) is 0 Å². The summed E-state index contributed by atoms with van der Waals surface area (Å²) in [6.45, 7) is 0. The van der Waals surface area contributed by atoms with E-state index in [4.69, 9.17) is 0 Å². The molecule has 4 heteroatoms. The number of nitrogens with one attached hydrogen (secondary N) is 1. The van der Waals surface area contributed by atoms with Crippen LogP contribution in [0.1, 0.15) is 25.7 Å². The van der Waals surface area contributed by atoms with Gasteiger partial charge in [0.25, 0.3) is 0 Å². The van der Waals surface area contributed by atoms with Gasteiger partial charge < -0.3 is 0 Å². The Bertz CT molecular complexity index is 273. The molecule has 0 saturated heterocycles. The van der Waals surface area contributed by atoms with E-state index in [9.17, 15) is 8.42 Å². The zero-order chi connectivity index (χ0) is 8.77. The maximum Gasteiger partial charge on any atom is 0.208 e. The monoisotopic (exact) mass is 189 g/mol. The Morgan fingerprint density at radius 3 is 2.42 bits per heavy atom. The molecule has 2 aliphatic carbocycles. The van der Waals surface area contributed by atoms with Crippen molar-refractivity contribution in [2.45, 2.75) is 31.7 Å². The first kappa shape index (κ1) is 8.51. The van der Waals surface area contributed by atoms with Gasteiger partial charge in [0.05, 0.1) is 6.26 Å². The molecule has 2 aliphatic rings. The van der Waals surface area contributed by atoms with Crippen molar-refractivity contribution in [1.29, 1.82) is 0 Å². The van der Waals surface area contributed by atoms with Gasteiger partial charge in [-0.25, -0.2) is 13.1 Å². The average molecular weight is 189 g/mol. The van der Waals surface area contributed by atoms with Gasteiger partial charge in [-0.3, -0.25) is 0 Å².